The smallest absolute Gasteiger partial charge is 0.410 e. The fourth-order valence-electron chi connectivity index (χ4n) is 4.97. The predicted octanol–water partition coefficient (Wildman–Crippen LogP) is 6.74. The van der Waals surface area contributed by atoms with Gasteiger partial charge in [-0.1, -0.05) is 11.6 Å². The maximum absolute atomic E-state index is 13.1. The van der Waals surface area contributed by atoms with Crippen molar-refractivity contribution in [3.8, 4) is 17.2 Å². The van der Waals surface area contributed by atoms with Gasteiger partial charge in [0.15, 0.2) is 0 Å². The molecule has 0 bridgehead atoms. The Labute approximate surface area is 267 Å². The SMILES string of the molecule is CCNC(=O)c1cc2c(Oc3ccc(NC(=O)NC4CC4)c(Cl)c3)ccnc2cc1OCC1CCN(C(=O)OC(C)(C)C)CC1. The zero-order chi connectivity index (χ0) is 32.1. The third kappa shape index (κ3) is 8.69. The van der Waals surface area contributed by atoms with E-state index >= 15 is 0 Å². The summed E-state index contributed by atoms with van der Waals surface area (Å²) in [6.45, 7) is 9.44. The van der Waals surface area contributed by atoms with E-state index in [1.807, 2.05) is 27.7 Å². The number of benzene rings is 2. The number of aromatic nitrogens is 1. The molecule has 0 spiro atoms. The number of hydrogen-bond acceptors (Lipinski definition) is 7. The molecular formula is C33H40ClN5O6. The summed E-state index contributed by atoms with van der Waals surface area (Å²) in [5.74, 6) is 1.31. The van der Waals surface area contributed by atoms with Crippen molar-refractivity contribution in [3.63, 3.8) is 0 Å². The molecule has 4 amide bonds. The van der Waals surface area contributed by atoms with Gasteiger partial charge in [-0.05, 0) is 83.6 Å². The molecule has 1 saturated heterocycles. The zero-order valence-electron chi connectivity index (χ0n) is 26.1. The van der Waals surface area contributed by atoms with Crippen molar-refractivity contribution in [1.82, 2.24) is 20.5 Å². The minimum Gasteiger partial charge on any atom is -0.492 e. The van der Waals surface area contributed by atoms with Crippen LogP contribution in [-0.4, -0.2) is 65.8 Å². The van der Waals surface area contributed by atoms with Crippen molar-refractivity contribution < 1.29 is 28.6 Å². The zero-order valence-corrected chi connectivity index (χ0v) is 26.8. The molecule has 3 aromatic rings. The number of hydrogen-bond donors (Lipinski definition) is 3. The lowest BCUT2D eigenvalue weighted by molar-refractivity contribution is 0.0164. The van der Waals surface area contributed by atoms with Gasteiger partial charge in [0.05, 0.1) is 28.4 Å². The highest BCUT2D eigenvalue weighted by Crippen LogP contribution is 2.36. The normalized spacial score (nSPS) is 15.4. The Kier molecular flexibility index (Phi) is 9.86. The maximum Gasteiger partial charge on any atom is 0.410 e. The van der Waals surface area contributed by atoms with E-state index in [2.05, 4.69) is 20.9 Å². The van der Waals surface area contributed by atoms with Crippen molar-refractivity contribution in [2.45, 2.75) is 65.0 Å². The molecule has 0 radical (unpaired) electrons. The molecule has 2 aromatic carbocycles. The van der Waals surface area contributed by atoms with E-state index in [4.69, 9.17) is 25.8 Å². The lowest BCUT2D eigenvalue weighted by Gasteiger charge is -2.33. The Balaban J connectivity index is 1.29. The molecule has 2 aliphatic rings. The molecule has 1 saturated carbocycles. The van der Waals surface area contributed by atoms with Crippen LogP contribution in [0.4, 0.5) is 15.3 Å². The minimum absolute atomic E-state index is 0.214. The van der Waals surface area contributed by atoms with E-state index in [-0.39, 0.29) is 30.0 Å². The Morgan fingerprint density at radius 2 is 1.78 bits per heavy atom. The summed E-state index contributed by atoms with van der Waals surface area (Å²) < 4.78 is 17.9. The van der Waals surface area contributed by atoms with Gasteiger partial charge in [-0.3, -0.25) is 9.78 Å². The molecule has 2 fully saturated rings. The average Bonchev–Trinajstić information content (AvgIpc) is 3.80. The molecule has 240 valence electrons. The highest BCUT2D eigenvalue weighted by molar-refractivity contribution is 6.33. The largest absolute Gasteiger partial charge is 0.492 e. The first-order valence-electron chi connectivity index (χ1n) is 15.4. The van der Waals surface area contributed by atoms with Gasteiger partial charge in [-0.2, -0.15) is 0 Å². The van der Waals surface area contributed by atoms with Gasteiger partial charge in [-0.25, -0.2) is 9.59 Å². The van der Waals surface area contributed by atoms with Crippen LogP contribution in [0.1, 0.15) is 63.7 Å². The number of pyridine rings is 1. The standard InChI is InChI=1S/C33H40ClN5O6/c1-5-35-30(40)24-17-23-27(18-29(24)43-19-20-11-14-39(15-12-20)32(42)45-33(2,3)4)36-13-10-28(23)44-22-8-9-26(25(34)16-22)38-31(41)37-21-6-7-21/h8-10,13,16-18,20-21H,5-7,11-12,14-15,19H2,1-4H3,(H,35,40)(H2,37,38,41). The van der Waals surface area contributed by atoms with Crippen LogP contribution in [0.3, 0.4) is 0 Å². The van der Waals surface area contributed by atoms with Crippen LogP contribution < -0.4 is 25.4 Å². The molecule has 2 heterocycles. The number of likely N-dealkylation sites (tertiary alicyclic amines) is 1. The summed E-state index contributed by atoms with van der Waals surface area (Å²) in [6.07, 6.45) is 4.83. The van der Waals surface area contributed by atoms with Crippen LogP contribution in [0.5, 0.6) is 17.2 Å². The minimum atomic E-state index is -0.537. The van der Waals surface area contributed by atoms with Gasteiger partial charge in [0.2, 0.25) is 0 Å². The molecule has 1 aromatic heterocycles. The third-order valence-electron chi connectivity index (χ3n) is 7.45. The topological polar surface area (TPSA) is 131 Å². The van der Waals surface area contributed by atoms with E-state index in [0.29, 0.717) is 70.7 Å². The number of nitrogens with one attached hydrogen (secondary N) is 3. The molecule has 45 heavy (non-hydrogen) atoms. The van der Waals surface area contributed by atoms with Crippen LogP contribution in [0, 0.1) is 5.92 Å². The summed E-state index contributed by atoms with van der Waals surface area (Å²) >= 11 is 6.45. The van der Waals surface area contributed by atoms with E-state index in [1.165, 1.54) is 0 Å². The van der Waals surface area contributed by atoms with Crippen LogP contribution in [-0.2, 0) is 4.74 Å². The number of fused-ring (bicyclic) bond motifs is 1. The van der Waals surface area contributed by atoms with E-state index in [0.717, 1.165) is 25.7 Å². The van der Waals surface area contributed by atoms with Gasteiger partial charge >= 0.3 is 12.1 Å². The molecule has 0 atom stereocenters. The monoisotopic (exact) mass is 637 g/mol. The second kappa shape index (κ2) is 13.8. The fourth-order valence-corrected chi connectivity index (χ4v) is 5.18. The first-order valence-corrected chi connectivity index (χ1v) is 15.7. The van der Waals surface area contributed by atoms with Crippen LogP contribution >= 0.6 is 11.6 Å². The van der Waals surface area contributed by atoms with Gasteiger partial charge in [0.25, 0.3) is 5.91 Å². The number of carbonyl (C=O) groups excluding carboxylic acids is 3. The summed E-state index contributed by atoms with van der Waals surface area (Å²) in [5.41, 5.74) is 0.895. The van der Waals surface area contributed by atoms with Crippen molar-refractivity contribution >= 4 is 46.2 Å². The Hall–Kier alpha value is -4.25. The Morgan fingerprint density at radius 3 is 2.44 bits per heavy atom. The van der Waals surface area contributed by atoms with Crippen molar-refractivity contribution in [3.05, 3.63) is 53.2 Å². The number of amides is 4. The number of nitrogens with zero attached hydrogens (tertiary/aromatic N) is 2. The van der Waals surface area contributed by atoms with Gasteiger partial charge in [0, 0.05) is 49.4 Å². The molecule has 11 nitrogen and oxygen atoms in total. The maximum atomic E-state index is 13.1. The summed E-state index contributed by atoms with van der Waals surface area (Å²) in [4.78, 5) is 43.9. The summed E-state index contributed by atoms with van der Waals surface area (Å²) in [7, 11) is 0. The van der Waals surface area contributed by atoms with Crippen LogP contribution in [0.15, 0.2) is 42.6 Å². The molecular weight excluding hydrogens is 598 g/mol. The lowest BCUT2D eigenvalue weighted by atomic mass is 9.98. The van der Waals surface area contributed by atoms with Crippen molar-refractivity contribution in [2.75, 3.05) is 31.6 Å². The highest BCUT2D eigenvalue weighted by Gasteiger charge is 2.28. The highest BCUT2D eigenvalue weighted by atomic mass is 35.5. The molecule has 1 aliphatic carbocycles. The third-order valence-corrected chi connectivity index (χ3v) is 7.77. The van der Waals surface area contributed by atoms with E-state index in [9.17, 15) is 14.4 Å². The molecule has 1 aliphatic heterocycles. The summed E-state index contributed by atoms with van der Waals surface area (Å²) in [5, 5.41) is 9.44. The fraction of sp³-hybridized carbons (Fsp3) is 0.455. The van der Waals surface area contributed by atoms with E-state index < -0.39 is 5.60 Å². The molecule has 0 unspecified atom stereocenters. The number of ether oxygens (including phenoxy) is 3. The number of anilines is 1. The first kappa shape index (κ1) is 32.2. The number of piperidine rings is 1. The Bertz CT molecular complexity index is 1560. The average molecular weight is 638 g/mol. The second-order valence-electron chi connectivity index (χ2n) is 12.4. The quantitative estimate of drug-likeness (QED) is 0.237. The van der Waals surface area contributed by atoms with Gasteiger partial charge < -0.3 is 35.1 Å². The molecule has 12 heteroatoms. The van der Waals surface area contributed by atoms with Gasteiger partial charge in [0.1, 0.15) is 22.8 Å². The van der Waals surface area contributed by atoms with Crippen molar-refractivity contribution in [2.24, 2.45) is 5.92 Å². The number of rotatable bonds is 9. The molecule has 3 N–H and O–H groups in total. The lowest BCUT2D eigenvalue weighted by Crippen LogP contribution is -2.42. The van der Waals surface area contributed by atoms with Crippen molar-refractivity contribution in [1.29, 1.82) is 0 Å². The Morgan fingerprint density at radius 1 is 1.02 bits per heavy atom. The number of urea groups is 1. The number of halogens is 1. The first-order chi connectivity index (χ1) is 21.5. The van der Waals surface area contributed by atoms with E-state index in [1.54, 1.807) is 47.5 Å². The number of carbonyl (C=O) groups is 3. The summed E-state index contributed by atoms with van der Waals surface area (Å²) in [6, 6.07) is 10.1. The second-order valence-corrected chi connectivity index (χ2v) is 12.8. The molecule has 5 rings (SSSR count). The van der Waals surface area contributed by atoms with Crippen LogP contribution in [0.25, 0.3) is 10.9 Å². The van der Waals surface area contributed by atoms with Gasteiger partial charge in [-0.15, -0.1) is 0 Å². The van der Waals surface area contributed by atoms with Crippen LogP contribution in [0.2, 0.25) is 5.02 Å². The predicted molar refractivity (Wildman–Crippen MR) is 172 cm³/mol.